The number of ether oxygens (including phenoxy) is 1. The highest BCUT2D eigenvalue weighted by molar-refractivity contribution is 5.85. The summed E-state index contributed by atoms with van der Waals surface area (Å²) in [7, 11) is 1.62. The molecule has 0 aromatic heterocycles. The third-order valence-electron chi connectivity index (χ3n) is 2.12. The van der Waals surface area contributed by atoms with Crippen LogP contribution in [-0.4, -0.2) is 36.0 Å². The number of rotatable bonds is 4. The zero-order valence-electron chi connectivity index (χ0n) is 10.4. The molecular weight excluding hydrogens is 194 g/mol. The van der Waals surface area contributed by atoms with Crippen LogP contribution in [-0.2, 0) is 14.3 Å². The lowest BCUT2D eigenvalue weighted by atomic mass is 10.1. The van der Waals surface area contributed by atoms with Gasteiger partial charge in [-0.1, -0.05) is 13.8 Å². The highest BCUT2D eigenvalue weighted by atomic mass is 16.5. The first-order valence-electron chi connectivity index (χ1n) is 5.24. The number of carbonyl (C=O) groups is 2. The van der Waals surface area contributed by atoms with E-state index in [1.54, 1.807) is 41.7 Å². The van der Waals surface area contributed by atoms with Gasteiger partial charge in [-0.2, -0.15) is 0 Å². The molecule has 0 aromatic carbocycles. The summed E-state index contributed by atoms with van der Waals surface area (Å²) in [5.41, 5.74) is 0. The molecule has 0 rings (SSSR count). The maximum atomic E-state index is 11.6. The predicted octanol–water partition coefficient (Wildman–Crippen LogP) is 1.44. The van der Waals surface area contributed by atoms with Gasteiger partial charge in [-0.3, -0.25) is 4.79 Å². The van der Waals surface area contributed by atoms with Gasteiger partial charge in [0.1, 0.15) is 6.04 Å². The Morgan fingerprint density at radius 2 is 1.53 bits per heavy atom. The SMILES string of the molecule is CC(C)OC(=O)C(C)N(C)C(=O)C(C)C. The Labute approximate surface area is 91.6 Å². The molecule has 0 spiro atoms. The van der Waals surface area contributed by atoms with Crippen molar-refractivity contribution in [3.05, 3.63) is 0 Å². The van der Waals surface area contributed by atoms with E-state index in [0.717, 1.165) is 0 Å². The maximum absolute atomic E-state index is 11.6. The molecule has 0 radical (unpaired) electrons. The average Bonchev–Trinajstić information content (AvgIpc) is 2.13. The van der Waals surface area contributed by atoms with E-state index in [1.165, 1.54) is 4.90 Å². The summed E-state index contributed by atoms with van der Waals surface area (Å²) in [6.07, 6.45) is -0.150. The molecule has 0 bridgehead atoms. The summed E-state index contributed by atoms with van der Waals surface area (Å²) >= 11 is 0. The molecule has 0 aliphatic carbocycles. The molecule has 4 heteroatoms. The van der Waals surface area contributed by atoms with Gasteiger partial charge >= 0.3 is 5.97 Å². The first kappa shape index (κ1) is 13.9. The molecule has 4 nitrogen and oxygen atoms in total. The Morgan fingerprint density at radius 3 is 1.87 bits per heavy atom. The number of esters is 1. The quantitative estimate of drug-likeness (QED) is 0.667. The molecule has 88 valence electrons. The van der Waals surface area contributed by atoms with Crippen molar-refractivity contribution in [1.29, 1.82) is 0 Å². The number of carbonyl (C=O) groups excluding carboxylic acids is 2. The first-order chi connectivity index (χ1) is 6.77. The molecule has 1 amide bonds. The minimum atomic E-state index is -0.526. The molecule has 0 aliphatic rings. The average molecular weight is 215 g/mol. The molecule has 0 fully saturated rings. The van der Waals surface area contributed by atoms with Gasteiger partial charge in [0, 0.05) is 13.0 Å². The topological polar surface area (TPSA) is 46.6 Å². The van der Waals surface area contributed by atoms with E-state index in [1.807, 2.05) is 0 Å². The van der Waals surface area contributed by atoms with Crippen LogP contribution in [0.4, 0.5) is 0 Å². The van der Waals surface area contributed by atoms with E-state index in [9.17, 15) is 9.59 Å². The minimum Gasteiger partial charge on any atom is -0.461 e. The summed E-state index contributed by atoms with van der Waals surface area (Å²) < 4.78 is 5.03. The van der Waals surface area contributed by atoms with Gasteiger partial charge in [-0.05, 0) is 20.8 Å². The maximum Gasteiger partial charge on any atom is 0.328 e. The van der Waals surface area contributed by atoms with Crippen LogP contribution in [0.25, 0.3) is 0 Å². The summed E-state index contributed by atoms with van der Waals surface area (Å²) in [6.45, 7) is 8.85. The third-order valence-corrected chi connectivity index (χ3v) is 2.12. The Hall–Kier alpha value is -1.06. The number of hydrogen-bond donors (Lipinski definition) is 0. The monoisotopic (exact) mass is 215 g/mol. The van der Waals surface area contributed by atoms with Crippen molar-refractivity contribution in [3.63, 3.8) is 0 Å². The van der Waals surface area contributed by atoms with Crippen molar-refractivity contribution in [3.8, 4) is 0 Å². The third kappa shape index (κ3) is 4.32. The number of likely N-dealkylation sites (N-methyl/N-ethyl adjacent to an activating group) is 1. The molecule has 0 aromatic rings. The number of amides is 1. The fourth-order valence-electron chi connectivity index (χ4n) is 1.09. The summed E-state index contributed by atoms with van der Waals surface area (Å²) in [5, 5.41) is 0. The van der Waals surface area contributed by atoms with Crippen LogP contribution in [0.15, 0.2) is 0 Å². The van der Waals surface area contributed by atoms with Crippen molar-refractivity contribution in [2.75, 3.05) is 7.05 Å². The van der Waals surface area contributed by atoms with Crippen molar-refractivity contribution >= 4 is 11.9 Å². The van der Waals surface area contributed by atoms with Crippen molar-refractivity contribution in [1.82, 2.24) is 4.90 Å². The fourth-order valence-corrected chi connectivity index (χ4v) is 1.09. The predicted molar refractivity (Wildman–Crippen MR) is 58.3 cm³/mol. The van der Waals surface area contributed by atoms with Gasteiger partial charge in [-0.15, -0.1) is 0 Å². The van der Waals surface area contributed by atoms with E-state index >= 15 is 0 Å². The summed E-state index contributed by atoms with van der Waals surface area (Å²) in [6, 6.07) is -0.526. The van der Waals surface area contributed by atoms with E-state index in [0.29, 0.717) is 0 Å². The molecule has 1 unspecified atom stereocenters. The summed E-state index contributed by atoms with van der Waals surface area (Å²) in [4.78, 5) is 24.5. The summed E-state index contributed by atoms with van der Waals surface area (Å²) in [5.74, 6) is -0.519. The Balaban J connectivity index is 4.37. The molecule has 1 atom stereocenters. The second-order valence-electron chi connectivity index (χ2n) is 4.27. The molecular formula is C11H21NO3. The van der Waals surface area contributed by atoms with Crippen molar-refractivity contribution in [2.45, 2.75) is 46.8 Å². The Kier molecular flexibility index (Phi) is 5.33. The molecule has 15 heavy (non-hydrogen) atoms. The Morgan fingerprint density at radius 1 is 1.07 bits per heavy atom. The standard InChI is InChI=1S/C11H21NO3/c1-7(2)10(13)12(6)9(5)11(14)15-8(3)4/h7-9H,1-6H3. The van der Waals surface area contributed by atoms with Gasteiger partial charge in [0.15, 0.2) is 0 Å². The molecule has 0 N–H and O–H groups in total. The number of hydrogen-bond acceptors (Lipinski definition) is 3. The second-order valence-corrected chi connectivity index (χ2v) is 4.27. The fraction of sp³-hybridized carbons (Fsp3) is 0.818. The number of nitrogens with zero attached hydrogens (tertiary/aromatic N) is 1. The lowest BCUT2D eigenvalue weighted by molar-refractivity contribution is -0.157. The van der Waals surface area contributed by atoms with E-state index < -0.39 is 6.04 Å². The van der Waals surface area contributed by atoms with Gasteiger partial charge in [0.25, 0.3) is 0 Å². The van der Waals surface area contributed by atoms with Crippen LogP contribution >= 0.6 is 0 Å². The van der Waals surface area contributed by atoms with Gasteiger partial charge in [0.05, 0.1) is 6.10 Å². The smallest absolute Gasteiger partial charge is 0.328 e. The van der Waals surface area contributed by atoms with E-state index in [4.69, 9.17) is 4.74 Å². The minimum absolute atomic E-state index is 0.0526. The van der Waals surface area contributed by atoms with Crippen LogP contribution < -0.4 is 0 Å². The molecule has 0 heterocycles. The highest BCUT2D eigenvalue weighted by Crippen LogP contribution is 2.06. The first-order valence-corrected chi connectivity index (χ1v) is 5.24. The van der Waals surface area contributed by atoms with Crippen LogP contribution in [0, 0.1) is 5.92 Å². The van der Waals surface area contributed by atoms with Crippen LogP contribution in [0.1, 0.15) is 34.6 Å². The zero-order valence-corrected chi connectivity index (χ0v) is 10.4. The van der Waals surface area contributed by atoms with Gasteiger partial charge in [-0.25, -0.2) is 4.79 Å². The largest absolute Gasteiger partial charge is 0.461 e. The second kappa shape index (κ2) is 5.73. The Bertz CT molecular complexity index is 236. The van der Waals surface area contributed by atoms with Crippen LogP contribution in [0.2, 0.25) is 0 Å². The van der Waals surface area contributed by atoms with E-state index in [-0.39, 0.29) is 23.9 Å². The molecule has 0 saturated carbocycles. The van der Waals surface area contributed by atoms with Crippen LogP contribution in [0.5, 0.6) is 0 Å². The highest BCUT2D eigenvalue weighted by Gasteiger charge is 2.25. The molecule has 0 aliphatic heterocycles. The zero-order chi connectivity index (χ0) is 12.2. The van der Waals surface area contributed by atoms with Gasteiger partial charge in [0.2, 0.25) is 5.91 Å². The van der Waals surface area contributed by atoms with Crippen molar-refractivity contribution < 1.29 is 14.3 Å². The van der Waals surface area contributed by atoms with E-state index in [2.05, 4.69) is 0 Å². The lowest BCUT2D eigenvalue weighted by Gasteiger charge is -2.25. The molecule has 0 saturated heterocycles. The normalized spacial score (nSPS) is 12.8. The lowest BCUT2D eigenvalue weighted by Crippen LogP contribution is -2.43. The van der Waals surface area contributed by atoms with Crippen LogP contribution in [0.3, 0.4) is 0 Å². The van der Waals surface area contributed by atoms with Gasteiger partial charge < -0.3 is 9.64 Å². The van der Waals surface area contributed by atoms with Crippen molar-refractivity contribution in [2.24, 2.45) is 5.92 Å².